The van der Waals surface area contributed by atoms with Crippen LogP contribution in [-0.2, 0) is 0 Å². The molecular formula is C12H25NO. The van der Waals surface area contributed by atoms with E-state index in [1.165, 1.54) is 25.7 Å². The Labute approximate surface area is 88.3 Å². The Kier molecular flexibility index (Phi) is 3.96. The van der Waals surface area contributed by atoms with Gasteiger partial charge in [-0.2, -0.15) is 0 Å². The van der Waals surface area contributed by atoms with Gasteiger partial charge in [0.05, 0.1) is 6.10 Å². The maximum absolute atomic E-state index is 9.31. The van der Waals surface area contributed by atoms with Crippen LogP contribution >= 0.6 is 0 Å². The van der Waals surface area contributed by atoms with E-state index >= 15 is 0 Å². The fourth-order valence-electron chi connectivity index (χ4n) is 2.39. The molecule has 14 heavy (non-hydrogen) atoms. The molecule has 0 aromatic heterocycles. The van der Waals surface area contributed by atoms with Crippen molar-refractivity contribution in [3.05, 3.63) is 0 Å². The van der Waals surface area contributed by atoms with Gasteiger partial charge in [0.2, 0.25) is 0 Å². The van der Waals surface area contributed by atoms with Gasteiger partial charge in [0.15, 0.2) is 0 Å². The van der Waals surface area contributed by atoms with Crippen LogP contribution in [-0.4, -0.2) is 35.7 Å². The molecule has 0 aromatic carbocycles. The van der Waals surface area contributed by atoms with Gasteiger partial charge in [-0.15, -0.1) is 0 Å². The third-order valence-electron chi connectivity index (χ3n) is 3.48. The summed E-state index contributed by atoms with van der Waals surface area (Å²) in [6.45, 7) is 7.39. The molecule has 1 rings (SSSR count). The molecule has 84 valence electrons. The smallest absolute Gasteiger partial charge is 0.0639 e. The normalized spacial score (nSPS) is 25.3. The Morgan fingerprint density at radius 1 is 1.36 bits per heavy atom. The molecule has 1 atom stereocenters. The third kappa shape index (κ3) is 3.58. The van der Waals surface area contributed by atoms with E-state index in [1.807, 2.05) is 6.92 Å². The Bertz CT molecular complexity index is 167. The topological polar surface area (TPSA) is 23.5 Å². The predicted octanol–water partition coefficient (Wildman–Crippen LogP) is 2.27. The van der Waals surface area contributed by atoms with Gasteiger partial charge in [-0.05, 0) is 45.1 Å². The molecular weight excluding hydrogens is 174 g/mol. The van der Waals surface area contributed by atoms with Crippen LogP contribution in [0, 0.1) is 5.41 Å². The lowest BCUT2D eigenvalue weighted by atomic mass is 9.75. The van der Waals surface area contributed by atoms with E-state index in [9.17, 15) is 5.11 Å². The average molecular weight is 199 g/mol. The molecule has 1 aliphatic rings. The summed E-state index contributed by atoms with van der Waals surface area (Å²) in [6.07, 6.45) is 5.02. The van der Waals surface area contributed by atoms with Crippen LogP contribution in [0.2, 0.25) is 0 Å². The zero-order valence-electron chi connectivity index (χ0n) is 10.1. The first-order valence-corrected chi connectivity index (χ1v) is 5.79. The molecule has 1 aliphatic carbocycles. The third-order valence-corrected chi connectivity index (χ3v) is 3.48. The fourth-order valence-corrected chi connectivity index (χ4v) is 2.39. The molecule has 0 spiro atoms. The summed E-state index contributed by atoms with van der Waals surface area (Å²) in [5.74, 6) is 0. The minimum atomic E-state index is -0.199. The highest BCUT2D eigenvalue weighted by atomic mass is 16.3. The highest BCUT2D eigenvalue weighted by Gasteiger charge is 2.28. The van der Waals surface area contributed by atoms with Gasteiger partial charge in [0.1, 0.15) is 0 Å². The van der Waals surface area contributed by atoms with Gasteiger partial charge in [-0.25, -0.2) is 0 Å². The van der Waals surface area contributed by atoms with Crippen molar-refractivity contribution < 1.29 is 5.11 Å². The van der Waals surface area contributed by atoms with E-state index in [1.54, 1.807) is 0 Å². The van der Waals surface area contributed by atoms with Gasteiger partial charge in [-0.1, -0.05) is 13.8 Å². The second kappa shape index (κ2) is 4.63. The quantitative estimate of drug-likeness (QED) is 0.753. The van der Waals surface area contributed by atoms with Crippen LogP contribution < -0.4 is 0 Å². The second-order valence-corrected chi connectivity index (χ2v) is 5.68. The summed E-state index contributed by atoms with van der Waals surface area (Å²) < 4.78 is 0. The number of nitrogens with zero attached hydrogens (tertiary/aromatic N) is 1. The Hall–Kier alpha value is -0.0800. The van der Waals surface area contributed by atoms with Crippen LogP contribution in [0.15, 0.2) is 0 Å². The predicted molar refractivity (Wildman–Crippen MR) is 60.3 cm³/mol. The standard InChI is InChI=1S/C12H25NO/c1-10(14)9-13(4)11-5-7-12(2,3)8-6-11/h10-11,14H,5-9H2,1-4H3/t10-/m1/s1. The highest BCUT2D eigenvalue weighted by molar-refractivity contribution is 4.83. The van der Waals surface area contributed by atoms with Gasteiger partial charge in [0, 0.05) is 12.6 Å². The number of aliphatic hydroxyl groups is 1. The van der Waals surface area contributed by atoms with Crippen molar-refractivity contribution >= 4 is 0 Å². The van der Waals surface area contributed by atoms with Crippen molar-refractivity contribution in [2.75, 3.05) is 13.6 Å². The van der Waals surface area contributed by atoms with E-state index in [0.29, 0.717) is 11.5 Å². The zero-order chi connectivity index (χ0) is 10.8. The number of aliphatic hydroxyl groups excluding tert-OH is 1. The largest absolute Gasteiger partial charge is 0.392 e. The molecule has 0 aromatic rings. The van der Waals surface area contributed by atoms with Gasteiger partial charge in [0.25, 0.3) is 0 Å². The van der Waals surface area contributed by atoms with E-state index in [-0.39, 0.29) is 6.10 Å². The van der Waals surface area contributed by atoms with Crippen LogP contribution in [0.25, 0.3) is 0 Å². The molecule has 0 amide bonds. The molecule has 0 aliphatic heterocycles. The first-order chi connectivity index (χ1) is 6.41. The van der Waals surface area contributed by atoms with Gasteiger partial charge >= 0.3 is 0 Å². The first-order valence-electron chi connectivity index (χ1n) is 5.79. The van der Waals surface area contributed by atoms with Crippen molar-refractivity contribution in [1.29, 1.82) is 0 Å². The minimum Gasteiger partial charge on any atom is -0.392 e. The van der Waals surface area contributed by atoms with E-state index in [4.69, 9.17) is 0 Å². The Morgan fingerprint density at radius 3 is 2.29 bits per heavy atom. The van der Waals surface area contributed by atoms with Crippen molar-refractivity contribution in [3.8, 4) is 0 Å². The van der Waals surface area contributed by atoms with Crippen molar-refractivity contribution in [2.24, 2.45) is 5.41 Å². The van der Waals surface area contributed by atoms with Crippen LogP contribution in [0.4, 0.5) is 0 Å². The van der Waals surface area contributed by atoms with Crippen molar-refractivity contribution in [3.63, 3.8) is 0 Å². The molecule has 0 radical (unpaired) electrons. The summed E-state index contributed by atoms with van der Waals surface area (Å²) in [5, 5.41) is 9.31. The Balaban J connectivity index is 2.34. The minimum absolute atomic E-state index is 0.199. The molecule has 0 unspecified atom stereocenters. The second-order valence-electron chi connectivity index (χ2n) is 5.68. The lowest BCUT2D eigenvalue weighted by Gasteiger charge is -2.39. The summed E-state index contributed by atoms with van der Waals surface area (Å²) >= 11 is 0. The molecule has 1 N–H and O–H groups in total. The number of likely N-dealkylation sites (N-methyl/N-ethyl adjacent to an activating group) is 1. The van der Waals surface area contributed by atoms with E-state index in [2.05, 4.69) is 25.8 Å². The molecule has 2 heteroatoms. The van der Waals surface area contributed by atoms with Gasteiger partial charge < -0.3 is 10.0 Å². The van der Waals surface area contributed by atoms with Crippen LogP contribution in [0.1, 0.15) is 46.5 Å². The molecule has 0 bridgehead atoms. The lowest BCUT2D eigenvalue weighted by Crippen LogP contribution is -2.40. The summed E-state index contributed by atoms with van der Waals surface area (Å²) in [4.78, 5) is 2.32. The van der Waals surface area contributed by atoms with Crippen LogP contribution in [0.5, 0.6) is 0 Å². The van der Waals surface area contributed by atoms with Gasteiger partial charge in [-0.3, -0.25) is 0 Å². The average Bonchev–Trinajstić information content (AvgIpc) is 2.02. The molecule has 2 nitrogen and oxygen atoms in total. The van der Waals surface area contributed by atoms with Crippen molar-refractivity contribution in [1.82, 2.24) is 4.90 Å². The number of hydrogen-bond donors (Lipinski definition) is 1. The highest BCUT2D eigenvalue weighted by Crippen LogP contribution is 2.36. The molecule has 0 saturated heterocycles. The number of hydrogen-bond acceptors (Lipinski definition) is 2. The number of rotatable bonds is 3. The van der Waals surface area contributed by atoms with Crippen molar-refractivity contribution in [2.45, 2.75) is 58.6 Å². The SMILES string of the molecule is C[C@@H](O)CN(C)C1CCC(C)(C)CC1. The maximum atomic E-state index is 9.31. The maximum Gasteiger partial charge on any atom is 0.0639 e. The summed E-state index contributed by atoms with van der Waals surface area (Å²) in [6, 6.07) is 0.692. The van der Waals surface area contributed by atoms with Crippen LogP contribution in [0.3, 0.4) is 0 Å². The monoisotopic (exact) mass is 199 g/mol. The molecule has 1 saturated carbocycles. The summed E-state index contributed by atoms with van der Waals surface area (Å²) in [5.41, 5.74) is 0.544. The Morgan fingerprint density at radius 2 is 1.86 bits per heavy atom. The zero-order valence-corrected chi connectivity index (χ0v) is 10.1. The van der Waals surface area contributed by atoms with E-state index < -0.39 is 0 Å². The summed E-state index contributed by atoms with van der Waals surface area (Å²) in [7, 11) is 2.13. The lowest BCUT2D eigenvalue weighted by molar-refractivity contribution is 0.0803. The first kappa shape index (κ1) is 12.0. The molecule has 0 heterocycles. The molecule has 1 fully saturated rings. The fraction of sp³-hybridized carbons (Fsp3) is 1.00. The van der Waals surface area contributed by atoms with E-state index in [0.717, 1.165) is 6.54 Å².